The Morgan fingerprint density at radius 2 is 1.96 bits per heavy atom. The van der Waals surface area contributed by atoms with Crippen molar-refractivity contribution < 1.29 is 22.6 Å². The molecule has 1 aromatic carbocycles. The van der Waals surface area contributed by atoms with E-state index in [1.165, 1.54) is 6.07 Å². The second-order valence-corrected chi connectivity index (χ2v) is 6.35. The highest BCUT2D eigenvalue weighted by atomic mass is 19.4. The van der Waals surface area contributed by atoms with Crippen LogP contribution in [0.4, 0.5) is 13.2 Å². The zero-order valence-electron chi connectivity index (χ0n) is 14.1. The first kappa shape index (κ1) is 16.8. The number of halogens is 3. The van der Waals surface area contributed by atoms with Gasteiger partial charge in [-0.2, -0.15) is 13.2 Å². The number of hydrogen-bond donors (Lipinski definition) is 0. The van der Waals surface area contributed by atoms with Gasteiger partial charge in [0.15, 0.2) is 0 Å². The smallest absolute Gasteiger partial charge is 0.417 e. The van der Waals surface area contributed by atoms with Crippen LogP contribution in [-0.2, 0) is 17.5 Å². The molecule has 3 heterocycles. The van der Waals surface area contributed by atoms with Crippen LogP contribution in [0.25, 0.3) is 5.70 Å². The quantitative estimate of drug-likeness (QED) is 0.821. The second-order valence-electron chi connectivity index (χ2n) is 6.35. The van der Waals surface area contributed by atoms with E-state index in [2.05, 4.69) is 9.88 Å². The number of fused-ring (bicyclic) bond motifs is 2. The van der Waals surface area contributed by atoms with Gasteiger partial charge in [-0.1, -0.05) is 12.1 Å². The number of benzene rings is 1. The Bertz CT molecular complexity index is 829. The van der Waals surface area contributed by atoms with Crippen molar-refractivity contribution in [3.05, 3.63) is 65.2 Å². The fourth-order valence-corrected chi connectivity index (χ4v) is 3.36. The highest BCUT2D eigenvalue weighted by Crippen LogP contribution is 2.42. The van der Waals surface area contributed by atoms with Crippen LogP contribution in [0.15, 0.2) is 48.4 Å². The number of methoxy groups -OCH3 is 1. The minimum atomic E-state index is -4.39. The summed E-state index contributed by atoms with van der Waals surface area (Å²) < 4.78 is 49.2. The summed E-state index contributed by atoms with van der Waals surface area (Å²) in [6, 6.07) is 10.4. The molecule has 1 fully saturated rings. The third-order valence-corrected chi connectivity index (χ3v) is 4.71. The number of rotatable bonds is 4. The maximum Gasteiger partial charge on any atom is 0.417 e. The van der Waals surface area contributed by atoms with Crippen molar-refractivity contribution in [1.82, 2.24) is 9.88 Å². The summed E-state index contributed by atoms with van der Waals surface area (Å²) in [5, 5.41) is 0. The van der Waals surface area contributed by atoms with E-state index >= 15 is 0 Å². The number of hydrogen-bond acceptors (Lipinski definition) is 4. The van der Waals surface area contributed by atoms with Crippen molar-refractivity contribution in [1.29, 1.82) is 0 Å². The zero-order valence-corrected chi connectivity index (χ0v) is 14.1. The molecule has 0 amide bonds. The van der Waals surface area contributed by atoms with E-state index in [0.717, 1.165) is 41.5 Å². The van der Waals surface area contributed by atoms with Crippen LogP contribution in [-0.4, -0.2) is 29.6 Å². The molecule has 1 unspecified atom stereocenters. The fourth-order valence-electron chi connectivity index (χ4n) is 3.36. The fraction of sp³-hybridized carbons (Fsp3) is 0.316. The first-order valence-corrected chi connectivity index (χ1v) is 8.25. The van der Waals surface area contributed by atoms with Gasteiger partial charge in [0.2, 0.25) is 0 Å². The minimum absolute atomic E-state index is 0.186. The van der Waals surface area contributed by atoms with E-state index in [4.69, 9.17) is 9.47 Å². The summed E-state index contributed by atoms with van der Waals surface area (Å²) in [6.45, 7) is 1.23. The number of ether oxygens (including phenoxy) is 2. The van der Waals surface area contributed by atoms with Crippen LogP contribution >= 0.6 is 0 Å². The zero-order chi connectivity index (χ0) is 18.3. The maximum absolute atomic E-state index is 12.8. The Morgan fingerprint density at radius 3 is 2.58 bits per heavy atom. The lowest BCUT2D eigenvalue weighted by atomic mass is 10.1. The molecule has 1 aromatic heterocycles. The van der Waals surface area contributed by atoms with Gasteiger partial charge in [0.1, 0.15) is 23.8 Å². The summed E-state index contributed by atoms with van der Waals surface area (Å²) in [4.78, 5) is 6.21. The molecule has 0 radical (unpaired) electrons. The summed E-state index contributed by atoms with van der Waals surface area (Å²) in [7, 11) is 1.62. The summed E-state index contributed by atoms with van der Waals surface area (Å²) in [6.07, 6.45) is -2.76. The Morgan fingerprint density at radius 1 is 1.19 bits per heavy atom. The third kappa shape index (κ3) is 2.98. The molecule has 136 valence electrons. The molecule has 1 atom stereocenters. The van der Waals surface area contributed by atoms with E-state index in [1.807, 2.05) is 24.3 Å². The first-order valence-electron chi connectivity index (χ1n) is 8.25. The molecular weight excluding hydrogens is 345 g/mol. The minimum Gasteiger partial charge on any atom is -0.497 e. The van der Waals surface area contributed by atoms with Crippen molar-refractivity contribution in [3.8, 4) is 5.75 Å². The van der Waals surface area contributed by atoms with Crippen LogP contribution in [0.1, 0.15) is 23.2 Å². The van der Waals surface area contributed by atoms with Crippen LogP contribution in [0, 0.1) is 0 Å². The average Bonchev–Trinajstić information content (AvgIpc) is 3.23. The lowest BCUT2D eigenvalue weighted by molar-refractivity contribution is -0.137. The molecule has 4 rings (SSSR count). The Kier molecular flexibility index (Phi) is 4.01. The third-order valence-electron chi connectivity index (χ3n) is 4.71. The van der Waals surface area contributed by atoms with Gasteiger partial charge in [-0.3, -0.25) is 4.98 Å². The predicted octanol–water partition coefficient (Wildman–Crippen LogP) is 4.08. The van der Waals surface area contributed by atoms with E-state index in [1.54, 1.807) is 7.11 Å². The number of aromatic nitrogens is 1. The molecule has 0 aliphatic carbocycles. The Hall–Kier alpha value is -2.70. The monoisotopic (exact) mass is 362 g/mol. The van der Waals surface area contributed by atoms with Crippen molar-refractivity contribution >= 4 is 5.70 Å². The molecule has 0 N–H and O–H groups in total. The van der Waals surface area contributed by atoms with Gasteiger partial charge >= 0.3 is 6.18 Å². The molecule has 7 heteroatoms. The Labute approximate surface area is 148 Å². The van der Waals surface area contributed by atoms with Gasteiger partial charge in [0.05, 0.1) is 24.4 Å². The topological polar surface area (TPSA) is 34.6 Å². The Balaban J connectivity index is 1.61. The molecule has 2 aliphatic rings. The van der Waals surface area contributed by atoms with Crippen LogP contribution in [0.5, 0.6) is 5.75 Å². The standard InChI is InChI=1S/C19H17F3N2O2/c1-25-15-5-2-12(3-6-15)10-24-14-8-17(26-11-14)18(24)16-7-4-13(9-23-16)19(20,21)22/h2-7,9,14H,8,10-11H2,1H3. The van der Waals surface area contributed by atoms with Gasteiger partial charge in [-0.15, -0.1) is 0 Å². The van der Waals surface area contributed by atoms with Crippen molar-refractivity contribution in [2.75, 3.05) is 13.7 Å². The predicted molar refractivity (Wildman–Crippen MR) is 89.1 cm³/mol. The molecule has 0 saturated carbocycles. The first-order chi connectivity index (χ1) is 12.5. The number of nitrogens with zero attached hydrogens (tertiary/aromatic N) is 2. The number of alkyl halides is 3. The largest absolute Gasteiger partial charge is 0.497 e. The molecule has 4 nitrogen and oxygen atoms in total. The van der Waals surface area contributed by atoms with Gasteiger partial charge < -0.3 is 14.4 Å². The van der Waals surface area contributed by atoms with Gasteiger partial charge in [0.25, 0.3) is 0 Å². The van der Waals surface area contributed by atoms with Gasteiger partial charge in [-0.25, -0.2) is 0 Å². The molecule has 2 aromatic rings. The van der Waals surface area contributed by atoms with E-state index in [-0.39, 0.29) is 6.04 Å². The average molecular weight is 362 g/mol. The van der Waals surface area contributed by atoms with Crippen LogP contribution < -0.4 is 4.74 Å². The summed E-state index contributed by atoms with van der Waals surface area (Å²) in [5.41, 5.74) is 1.62. The molecule has 2 aliphatic heterocycles. The summed E-state index contributed by atoms with van der Waals surface area (Å²) >= 11 is 0. The second kappa shape index (κ2) is 6.23. The number of pyridine rings is 1. The molecule has 2 bridgehead atoms. The van der Waals surface area contributed by atoms with E-state index in [0.29, 0.717) is 18.8 Å². The molecule has 26 heavy (non-hydrogen) atoms. The van der Waals surface area contributed by atoms with Crippen molar-refractivity contribution in [2.45, 2.75) is 25.2 Å². The molecule has 0 spiro atoms. The lowest BCUT2D eigenvalue weighted by Crippen LogP contribution is -2.33. The van der Waals surface area contributed by atoms with E-state index in [9.17, 15) is 13.2 Å². The lowest BCUT2D eigenvalue weighted by Gasteiger charge is -2.30. The summed E-state index contributed by atoms with van der Waals surface area (Å²) in [5.74, 6) is 1.58. The molecule has 1 saturated heterocycles. The van der Waals surface area contributed by atoms with Crippen molar-refractivity contribution in [2.24, 2.45) is 0 Å². The highest BCUT2D eigenvalue weighted by Gasteiger charge is 2.40. The highest BCUT2D eigenvalue weighted by molar-refractivity contribution is 5.67. The molecular formula is C19H17F3N2O2. The van der Waals surface area contributed by atoms with Gasteiger partial charge in [0, 0.05) is 19.2 Å². The van der Waals surface area contributed by atoms with Crippen LogP contribution in [0.2, 0.25) is 0 Å². The van der Waals surface area contributed by atoms with Crippen LogP contribution in [0.3, 0.4) is 0 Å². The normalized spacial score (nSPS) is 19.1. The van der Waals surface area contributed by atoms with Crippen molar-refractivity contribution in [3.63, 3.8) is 0 Å². The van der Waals surface area contributed by atoms with E-state index < -0.39 is 11.7 Å². The van der Waals surface area contributed by atoms with Gasteiger partial charge in [-0.05, 0) is 29.8 Å². The maximum atomic E-state index is 12.8. The SMILES string of the molecule is COc1ccc(CN2C(c3ccc(C(F)(F)F)cn3)=C3CC2CO3)cc1.